The van der Waals surface area contributed by atoms with Crippen LogP contribution in [-0.2, 0) is 29.0 Å². The smallest absolute Gasteiger partial charge is 0.326 e. The number of nitrogens with zero attached hydrogens (tertiary/aromatic N) is 1. The first-order valence-corrected chi connectivity index (χ1v) is 16.0. The second-order valence-corrected chi connectivity index (χ2v) is 13.1. The Morgan fingerprint density at radius 1 is 1.12 bits per heavy atom. The Morgan fingerprint density at radius 2 is 1.83 bits per heavy atom. The molecule has 2 saturated heterocycles. The maximum atomic E-state index is 13.6. The molecule has 226 valence electrons. The van der Waals surface area contributed by atoms with Gasteiger partial charge in [0.1, 0.15) is 12.4 Å². The van der Waals surface area contributed by atoms with Gasteiger partial charge in [0, 0.05) is 45.8 Å². The van der Waals surface area contributed by atoms with Crippen LogP contribution >= 0.6 is 0 Å². The van der Waals surface area contributed by atoms with Crippen molar-refractivity contribution < 1.29 is 37.3 Å². The minimum Gasteiger partial charge on any atom is -0.488 e. The summed E-state index contributed by atoms with van der Waals surface area (Å²) in [4.78, 5) is 12.2. The number of carboxylic acid groups (broad SMARTS) is 1. The van der Waals surface area contributed by atoms with Crippen LogP contribution in [0.5, 0.6) is 5.75 Å². The van der Waals surface area contributed by atoms with Crippen LogP contribution in [0, 0.1) is 6.92 Å². The molecule has 0 aliphatic carbocycles. The van der Waals surface area contributed by atoms with Crippen molar-refractivity contribution in [2.45, 2.75) is 76.4 Å². The number of benzene rings is 2. The van der Waals surface area contributed by atoms with Gasteiger partial charge in [-0.25, -0.2) is 12.7 Å². The lowest BCUT2D eigenvalue weighted by atomic mass is 9.87. The third-order valence-electron chi connectivity index (χ3n) is 8.16. The first-order chi connectivity index (χ1) is 19.6. The highest BCUT2D eigenvalue weighted by Crippen LogP contribution is 2.39. The Hall–Kier alpha value is -2.50. The lowest BCUT2D eigenvalue weighted by molar-refractivity contribution is -0.152. The summed E-state index contributed by atoms with van der Waals surface area (Å²) in [5.74, 6) is -0.340. The molecule has 10 heteroatoms. The van der Waals surface area contributed by atoms with Crippen molar-refractivity contribution in [2.24, 2.45) is 0 Å². The Balaban J connectivity index is 1.42. The summed E-state index contributed by atoms with van der Waals surface area (Å²) in [6.45, 7) is 9.80. The first-order valence-electron chi connectivity index (χ1n) is 14.5. The normalized spacial score (nSPS) is 22.6. The maximum Gasteiger partial charge on any atom is 0.326 e. The quantitative estimate of drug-likeness (QED) is 0.346. The molecule has 0 amide bonds. The van der Waals surface area contributed by atoms with Gasteiger partial charge in [-0.05, 0) is 80.8 Å². The number of hydrogen-bond donors (Lipinski definition) is 1. The van der Waals surface area contributed by atoms with Crippen molar-refractivity contribution in [3.63, 3.8) is 0 Å². The van der Waals surface area contributed by atoms with E-state index >= 15 is 0 Å². The average molecular weight is 590 g/mol. The summed E-state index contributed by atoms with van der Waals surface area (Å²) < 4.78 is 49.3. The molecule has 0 bridgehead atoms. The Bertz CT molecular complexity index is 1280. The molecule has 41 heavy (non-hydrogen) atoms. The Morgan fingerprint density at radius 3 is 2.44 bits per heavy atom. The van der Waals surface area contributed by atoms with Gasteiger partial charge in [-0.3, -0.25) is 4.79 Å². The van der Waals surface area contributed by atoms with Crippen molar-refractivity contribution in [2.75, 3.05) is 39.5 Å². The minimum absolute atomic E-state index is 0.0263. The fourth-order valence-corrected chi connectivity index (χ4v) is 8.16. The number of carboxylic acids is 1. The molecule has 2 aromatic carbocycles. The Labute approximate surface area is 243 Å². The van der Waals surface area contributed by atoms with E-state index < -0.39 is 33.1 Å². The number of ether oxygens (including phenoxy) is 4. The fraction of sp³-hybridized carbons (Fsp3) is 0.581. The monoisotopic (exact) mass is 589 g/mol. The van der Waals surface area contributed by atoms with Gasteiger partial charge in [-0.15, -0.1) is 0 Å². The molecule has 1 N–H and O–H groups in total. The molecule has 2 unspecified atom stereocenters. The highest BCUT2D eigenvalue weighted by atomic mass is 32.2. The third-order valence-corrected chi connectivity index (χ3v) is 10.7. The first kappa shape index (κ1) is 31.4. The van der Waals surface area contributed by atoms with E-state index in [0.29, 0.717) is 45.8 Å². The molecule has 9 nitrogen and oxygen atoms in total. The molecule has 0 spiro atoms. The van der Waals surface area contributed by atoms with Crippen LogP contribution in [0.3, 0.4) is 0 Å². The number of hydrogen-bond acceptors (Lipinski definition) is 7. The number of sulfonamides is 1. The summed E-state index contributed by atoms with van der Waals surface area (Å²) in [7, 11) is -4.03. The van der Waals surface area contributed by atoms with E-state index in [2.05, 4.69) is 31.2 Å². The minimum atomic E-state index is -4.03. The summed E-state index contributed by atoms with van der Waals surface area (Å²) in [6.07, 6.45) is 0.404. The van der Waals surface area contributed by atoms with E-state index in [1.807, 2.05) is 32.0 Å². The van der Waals surface area contributed by atoms with Crippen LogP contribution in [-0.4, -0.2) is 80.5 Å². The zero-order chi connectivity index (χ0) is 29.6. The van der Waals surface area contributed by atoms with E-state index in [4.69, 9.17) is 18.9 Å². The largest absolute Gasteiger partial charge is 0.488 e. The van der Waals surface area contributed by atoms with Gasteiger partial charge < -0.3 is 24.1 Å². The molecule has 0 saturated carbocycles. The van der Waals surface area contributed by atoms with Crippen molar-refractivity contribution in [1.29, 1.82) is 0 Å². The SMILES string of the molecule is CCOC(COc1cccc(-c2ccc(C3CCN(S(=O)(=O)C4(C(=O)O)CCOC(C)C4)CC3)cc2C)c1)OCC. The molecule has 2 heterocycles. The third kappa shape index (κ3) is 6.94. The predicted octanol–water partition coefficient (Wildman–Crippen LogP) is 4.97. The maximum absolute atomic E-state index is 13.6. The van der Waals surface area contributed by atoms with Crippen LogP contribution in [0.1, 0.15) is 63.5 Å². The predicted molar refractivity (Wildman–Crippen MR) is 157 cm³/mol. The van der Waals surface area contributed by atoms with E-state index in [1.165, 1.54) is 9.87 Å². The summed E-state index contributed by atoms with van der Waals surface area (Å²) in [6, 6.07) is 14.3. The van der Waals surface area contributed by atoms with Gasteiger partial charge in [0.2, 0.25) is 10.0 Å². The van der Waals surface area contributed by atoms with Crippen LogP contribution in [0.25, 0.3) is 11.1 Å². The molecule has 2 fully saturated rings. The molecule has 2 aromatic rings. The molecule has 2 aliphatic heterocycles. The fourth-order valence-electron chi connectivity index (χ4n) is 5.96. The van der Waals surface area contributed by atoms with Gasteiger partial charge in [-0.1, -0.05) is 30.3 Å². The summed E-state index contributed by atoms with van der Waals surface area (Å²) >= 11 is 0. The molecule has 0 radical (unpaired) electrons. The second-order valence-electron chi connectivity index (χ2n) is 10.9. The van der Waals surface area contributed by atoms with Gasteiger partial charge in [-0.2, -0.15) is 0 Å². The molecule has 2 atom stereocenters. The van der Waals surface area contributed by atoms with Crippen molar-refractivity contribution in [1.82, 2.24) is 4.31 Å². The lowest BCUT2D eigenvalue weighted by Gasteiger charge is -2.41. The van der Waals surface area contributed by atoms with Crippen molar-refractivity contribution in [3.05, 3.63) is 53.6 Å². The number of rotatable bonds is 12. The topological polar surface area (TPSA) is 112 Å². The number of aliphatic carboxylic acids is 1. The van der Waals surface area contributed by atoms with E-state index in [0.717, 1.165) is 22.4 Å². The average Bonchev–Trinajstić information content (AvgIpc) is 2.96. The van der Waals surface area contributed by atoms with Crippen LogP contribution in [0.4, 0.5) is 0 Å². The van der Waals surface area contributed by atoms with E-state index in [1.54, 1.807) is 6.92 Å². The summed E-state index contributed by atoms with van der Waals surface area (Å²) in [5, 5.41) is 9.99. The lowest BCUT2D eigenvalue weighted by Crippen LogP contribution is -2.58. The van der Waals surface area contributed by atoms with Gasteiger partial charge >= 0.3 is 5.97 Å². The van der Waals surface area contributed by atoms with E-state index in [-0.39, 0.29) is 25.4 Å². The zero-order valence-corrected chi connectivity index (χ0v) is 25.3. The number of aryl methyl sites for hydroxylation is 1. The highest BCUT2D eigenvalue weighted by Gasteiger charge is 2.56. The van der Waals surface area contributed by atoms with Crippen molar-refractivity contribution in [3.8, 4) is 16.9 Å². The molecule has 2 aliphatic rings. The van der Waals surface area contributed by atoms with Crippen molar-refractivity contribution >= 4 is 16.0 Å². The van der Waals surface area contributed by atoms with Crippen LogP contribution < -0.4 is 4.74 Å². The zero-order valence-electron chi connectivity index (χ0n) is 24.5. The van der Waals surface area contributed by atoms with Crippen LogP contribution in [0.2, 0.25) is 0 Å². The van der Waals surface area contributed by atoms with Gasteiger partial charge in [0.05, 0.1) is 6.10 Å². The number of piperidine rings is 1. The standard InChI is InChI=1S/C31H43NO8S/c1-5-37-29(38-6-2)21-40-27-9-7-8-26(19-27)28-11-10-25(18-22(28)3)24-12-15-32(16-13-24)41(35,36)31(30(33)34)14-17-39-23(4)20-31/h7-11,18-19,23-24,29H,5-6,12-17,20-21H2,1-4H3,(H,33,34). The van der Waals surface area contributed by atoms with Gasteiger partial charge in [0.15, 0.2) is 11.0 Å². The van der Waals surface area contributed by atoms with E-state index in [9.17, 15) is 18.3 Å². The van der Waals surface area contributed by atoms with Gasteiger partial charge in [0.25, 0.3) is 0 Å². The second kappa shape index (κ2) is 13.6. The molecular formula is C31H43NO8S. The molecular weight excluding hydrogens is 546 g/mol. The Kier molecular flexibility index (Phi) is 10.5. The molecule has 0 aromatic heterocycles. The number of carbonyl (C=O) groups is 1. The molecule has 4 rings (SSSR count). The highest BCUT2D eigenvalue weighted by molar-refractivity contribution is 7.91. The summed E-state index contributed by atoms with van der Waals surface area (Å²) in [5.41, 5.74) is 4.43. The van der Waals surface area contributed by atoms with Crippen LogP contribution in [0.15, 0.2) is 42.5 Å².